The van der Waals surface area contributed by atoms with Gasteiger partial charge in [-0.1, -0.05) is 39.0 Å². The number of amides is 1. The van der Waals surface area contributed by atoms with Crippen LogP contribution in [0.5, 0.6) is 0 Å². The summed E-state index contributed by atoms with van der Waals surface area (Å²) in [5.41, 5.74) is 1.62. The molecule has 0 unspecified atom stereocenters. The molecular weight excluding hydrogens is 254 g/mol. The topological polar surface area (TPSA) is 49.8 Å². The van der Waals surface area contributed by atoms with E-state index in [0.29, 0.717) is 25.3 Å². The van der Waals surface area contributed by atoms with E-state index in [1.807, 2.05) is 24.3 Å². The van der Waals surface area contributed by atoms with Crippen LogP contribution in [-0.4, -0.2) is 49.3 Å². The lowest BCUT2D eigenvalue weighted by Gasteiger charge is -2.27. The molecule has 0 fully saturated rings. The molecule has 1 N–H and O–H groups in total. The fourth-order valence-corrected chi connectivity index (χ4v) is 2.13. The number of carbonyl (C=O) groups excluding carboxylic acids is 1. The van der Waals surface area contributed by atoms with Crippen molar-refractivity contribution in [2.24, 2.45) is 0 Å². The molecule has 0 aliphatic rings. The van der Waals surface area contributed by atoms with E-state index in [1.165, 1.54) is 0 Å². The highest BCUT2D eigenvalue weighted by molar-refractivity contribution is 5.96. The third-order valence-electron chi connectivity index (χ3n) is 3.19. The Hall–Kier alpha value is -1.39. The van der Waals surface area contributed by atoms with E-state index >= 15 is 0 Å². The van der Waals surface area contributed by atoms with Gasteiger partial charge in [0, 0.05) is 25.8 Å². The molecule has 1 aromatic rings. The Labute approximate surface area is 121 Å². The van der Waals surface area contributed by atoms with Gasteiger partial charge in [-0.3, -0.25) is 4.79 Å². The molecule has 0 bridgehead atoms. The average Bonchev–Trinajstić information content (AvgIpc) is 2.42. The second kappa shape index (κ2) is 7.41. The fourth-order valence-electron chi connectivity index (χ4n) is 2.13. The monoisotopic (exact) mass is 279 g/mol. The molecule has 1 rings (SSSR count). The minimum Gasteiger partial charge on any atom is -0.395 e. The van der Waals surface area contributed by atoms with Gasteiger partial charge < -0.3 is 14.7 Å². The molecule has 0 radical (unpaired) electrons. The molecular formula is C16H25NO3. The fraction of sp³-hybridized carbons (Fsp3) is 0.562. The lowest BCUT2D eigenvalue weighted by Crippen LogP contribution is -2.37. The Bertz CT molecular complexity index is 438. The SMILES string of the molecule is COCCN(CCO)C(=O)c1ccccc1C(C)(C)C. The molecule has 1 amide bonds. The van der Waals surface area contributed by atoms with E-state index in [2.05, 4.69) is 20.8 Å². The summed E-state index contributed by atoms with van der Waals surface area (Å²) in [6.45, 7) is 7.48. The number of rotatable bonds is 6. The molecule has 4 nitrogen and oxygen atoms in total. The van der Waals surface area contributed by atoms with E-state index in [0.717, 1.165) is 5.56 Å². The van der Waals surface area contributed by atoms with Crippen LogP contribution in [-0.2, 0) is 10.2 Å². The van der Waals surface area contributed by atoms with Gasteiger partial charge in [-0.2, -0.15) is 0 Å². The third-order valence-corrected chi connectivity index (χ3v) is 3.19. The van der Waals surface area contributed by atoms with Crippen molar-refractivity contribution in [3.63, 3.8) is 0 Å². The van der Waals surface area contributed by atoms with Crippen LogP contribution < -0.4 is 0 Å². The number of aliphatic hydroxyl groups excluding tert-OH is 1. The summed E-state index contributed by atoms with van der Waals surface area (Å²) >= 11 is 0. The Kier molecular flexibility index (Phi) is 6.17. The molecule has 1 aromatic carbocycles. The maximum atomic E-state index is 12.7. The first-order valence-corrected chi connectivity index (χ1v) is 6.90. The highest BCUT2D eigenvalue weighted by Crippen LogP contribution is 2.26. The highest BCUT2D eigenvalue weighted by atomic mass is 16.5. The van der Waals surface area contributed by atoms with Crippen molar-refractivity contribution in [2.75, 3.05) is 33.4 Å². The molecule has 0 heterocycles. The number of methoxy groups -OCH3 is 1. The van der Waals surface area contributed by atoms with Gasteiger partial charge in [-0.25, -0.2) is 0 Å². The summed E-state index contributed by atoms with van der Waals surface area (Å²) in [5, 5.41) is 9.13. The largest absolute Gasteiger partial charge is 0.395 e. The van der Waals surface area contributed by atoms with Crippen molar-refractivity contribution < 1.29 is 14.6 Å². The number of benzene rings is 1. The lowest BCUT2D eigenvalue weighted by molar-refractivity contribution is 0.0654. The Morgan fingerprint density at radius 1 is 1.25 bits per heavy atom. The standard InChI is InChI=1S/C16H25NO3/c1-16(2,3)14-8-6-5-7-13(14)15(19)17(9-11-18)10-12-20-4/h5-8,18H,9-12H2,1-4H3. The van der Waals surface area contributed by atoms with Crippen LogP contribution >= 0.6 is 0 Å². The normalized spacial score (nSPS) is 11.4. The molecule has 0 spiro atoms. The van der Waals surface area contributed by atoms with Gasteiger partial charge in [0.15, 0.2) is 0 Å². The summed E-state index contributed by atoms with van der Waals surface area (Å²) in [6.07, 6.45) is 0. The van der Waals surface area contributed by atoms with Gasteiger partial charge in [-0.05, 0) is 17.0 Å². The van der Waals surface area contributed by atoms with Crippen LogP contribution in [0.25, 0.3) is 0 Å². The van der Waals surface area contributed by atoms with Gasteiger partial charge >= 0.3 is 0 Å². The predicted molar refractivity (Wildman–Crippen MR) is 80.0 cm³/mol. The van der Waals surface area contributed by atoms with Crippen LogP contribution in [0.2, 0.25) is 0 Å². The van der Waals surface area contributed by atoms with Crippen molar-refractivity contribution >= 4 is 5.91 Å². The molecule has 0 aliphatic carbocycles. The number of nitrogens with zero attached hydrogens (tertiary/aromatic N) is 1. The lowest BCUT2D eigenvalue weighted by atomic mass is 9.83. The number of aliphatic hydroxyl groups is 1. The first kappa shape index (κ1) is 16.7. The van der Waals surface area contributed by atoms with E-state index in [4.69, 9.17) is 9.84 Å². The van der Waals surface area contributed by atoms with E-state index in [9.17, 15) is 4.79 Å². The predicted octanol–water partition coefficient (Wildman–Crippen LogP) is 2.07. The molecule has 0 saturated carbocycles. The first-order valence-electron chi connectivity index (χ1n) is 6.90. The Balaban J connectivity index is 3.05. The van der Waals surface area contributed by atoms with E-state index in [-0.39, 0.29) is 17.9 Å². The van der Waals surface area contributed by atoms with Gasteiger partial charge in [0.25, 0.3) is 5.91 Å². The number of hydrogen-bond donors (Lipinski definition) is 1. The zero-order valence-corrected chi connectivity index (χ0v) is 12.8. The zero-order chi connectivity index (χ0) is 15.2. The number of ether oxygens (including phenoxy) is 1. The summed E-state index contributed by atoms with van der Waals surface area (Å²) < 4.78 is 5.03. The minimum absolute atomic E-state index is 0.0485. The minimum atomic E-state index is -0.0988. The zero-order valence-electron chi connectivity index (χ0n) is 12.8. The highest BCUT2D eigenvalue weighted by Gasteiger charge is 2.24. The van der Waals surface area contributed by atoms with Crippen LogP contribution in [0.1, 0.15) is 36.7 Å². The van der Waals surface area contributed by atoms with Crippen molar-refractivity contribution in [1.82, 2.24) is 4.90 Å². The van der Waals surface area contributed by atoms with Crippen LogP contribution in [0, 0.1) is 0 Å². The molecule has 0 atom stereocenters. The van der Waals surface area contributed by atoms with Gasteiger partial charge in [-0.15, -0.1) is 0 Å². The molecule has 0 aliphatic heterocycles. The second-order valence-electron chi connectivity index (χ2n) is 5.80. The first-order chi connectivity index (χ1) is 9.41. The summed E-state index contributed by atoms with van der Waals surface area (Å²) in [5.74, 6) is -0.0541. The molecule has 112 valence electrons. The molecule has 20 heavy (non-hydrogen) atoms. The molecule has 0 saturated heterocycles. The Morgan fingerprint density at radius 3 is 2.45 bits per heavy atom. The summed E-state index contributed by atoms with van der Waals surface area (Å²) in [6, 6.07) is 7.65. The molecule has 4 heteroatoms. The summed E-state index contributed by atoms with van der Waals surface area (Å²) in [4.78, 5) is 14.3. The van der Waals surface area contributed by atoms with Gasteiger partial charge in [0.05, 0.1) is 13.2 Å². The van der Waals surface area contributed by atoms with Gasteiger partial charge in [0.2, 0.25) is 0 Å². The van der Waals surface area contributed by atoms with Crippen LogP contribution in [0.4, 0.5) is 0 Å². The smallest absolute Gasteiger partial charge is 0.254 e. The Morgan fingerprint density at radius 2 is 1.90 bits per heavy atom. The van der Waals surface area contributed by atoms with E-state index < -0.39 is 0 Å². The number of carbonyl (C=O) groups is 1. The van der Waals surface area contributed by atoms with Crippen LogP contribution in [0.3, 0.4) is 0 Å². The second-order valence-corrected chi connectivity index (χ2v) is 5.80. The maximum Gasteiger partial charge on any atom is 0.254 e. The third kappa shape index (κ3) is 4.32. The van der Waals surface area contributed by atoms with E-state index in [1.54, 1.807) is 12.0 Å². The van der Waals surface area contributed by atoms with Crippen molar-refractivity contribution in [1.29, 1.82) is 0 Å². The van der Waals surface area contributed by atoms with Crippen molar-refractivity contribution in [3.8, 4) is 0 Å². The van der Waals surface area contributed by atoms with Crippen molar-refractivity contribution in [3.05, 3.63) is 35.4 Å². The number of hydrogen-bond acceptors (Lipinski definition) is 3. The quantitative estimate of drug-likeness (QED) is 0.867. The van der Waals surface area contributed by atoms with Gasteiger partial charge in [0.1, 0.15) is 0 Å². The van der Waals surface area contributed by atoms with Crippen molar-refractivity contribution in [2.45, 2.75) is 26.2 Å². The van der Waals surface area contributed by atoms with Crippen LogP contribution in [0.15, 0.2) is 24.3 Å². The average molecular weight is 279 g/mol. The maximum absolute atomic E-state index is 12.7. The molecule has 0 aromatic heterocycles. The summed E-state index contributed by atoms with van der Waals surface area (Å²) in [7, 11) is 1.60.